The Balaban J connectivity index is 2.20. The maximum atomic E-state index is 13.6. The number of aliphatic imine (C=N–C) groups is 1. The van der Waals surface area contributed by atoms with Crippen LogP contribution in [0.25, 0.3) is 0 Å². The minimum absolute atomic E-state index is 0.215. The molecule has 0 aromatic heterocycles. The Hall–Kier alpha value is -2.18. The second-order valence-electron chi connectivity index (χ2n) is 3.99. The van der Waals surface area contributed by atoms with E-state index >= 15 is 0 Å². The number of guanidine groups is 1. The van der Waals surface area contributed by atoms with Crippen LogP contribution in [0.5, 0.6) is 0 Å². The number of amides is 1. The van der Waals surface area contributed by atoms with E-state index in [0.29, 0.717) is 18.5 Å². The zero-order valence-electron chi connectivity index (χ0n) is 10.2. The molecule has 2 rings (SSSR count). The van der Waals surface area contributed by atoms with Gasteiger partial charge in [-0.1, -0.05) is 6.07 Å². The quantitative estimate of drug-likeness (QED) is 0.815. The van der Waals surface area contributed by atoms with Crippen LogP contribution in [0.15, 0.2) is 23.2 Å². The number of carbonyl (C=O) groups excluding carboxylic acids is 1. The lowest BCUT2D eigenvalue weighted by Crippen LogP contribution is -2.44. The van der Waals surface area contributed by atoms with E-state index in [1.807, 2.05) is 0 Å². The van der Waals surface area contributed by atoms with Crippen LogP contribution in [0.3, 0.4) is 0 Å². The van der Waals surface area contributed by atoms with Gasteiger partial charge in [-0.2, -0.15) is 0 Å². The van der Waals surface area contributed by atoms with Crippen molar-refractivity contribution in [3.05, 3.63) is 35.4 Å². The monoisotopic (exact) mass is 269 g/mol. The Morgan fingerprint density at radius 2 is 2.32 bits per heavy atom. The van der Waals surface area contributed by atoms with E-state index in [4.69, 9.17) is 0 Å². The summed E-state index contributed by atoms with van der Waals surface area (Å²) in [5.41, 5.74) is 0.298. The third-order valence-corrected chi connectivity index (χ3v) is 2.72. The van der Waals surface area contributed by atoms with Crippen molar-refractivity contribution in [3.8, 4) is 0 Å². The number of halogens is 2. The molecular weight excluding hydrogens is 256 g/mol. The lowest BCUT2D eigenvalue weighted by molar-refractivity contribution is 0.176. The summed E-state index contributed by atoms with van der Waals surface area (Å²) in [6, 6.07) is 2.90. The molecule has 1 heterocycles. The van der Waals surface area contributed by atoms with Gasteiger partial charge in [0.15, 0.2) is 0 Å². The van der Waals surface area contributed by atoms with Crippen molar-refractivity contribution in [2.75, 3.05) is 13.7 Å². The van der Waals surface area contributed by atoms with Crippen LogP contribution in [0.1, 0.15) is 18.0 Å². The minimum atomic E-state index is -0.661. The van der Waals surface area contributed by atoms with Gasteiger partial charge in [-0.3, -0.25) is 5.32 Å². The summed E-state index contributed by atoms with van der Waals surface area (Å²) in [7, 11) is 1.23. The van der Waals surface area contributed by atoms with Crippen LogP contribution in [0.4, 0.5) is 13.6 Å². The molecule has 1 unspecified atom stereocenters. The summed E-state index contributed by atoms with van der Waals surface area (Å²) < 4.78 is 30.9. The van der Waals surface area contributed by atoms with Crippen molar-refractivity contribution in [1.29, 1.82) is 0 Å². The minimum Gasteiger partial charge on any atom is -0.453 e. The van der Waals surface area contributed by atoms with E-state index in [2.05, 4.69) is 20.4 Å². The molecule has 1 amide bonds. The summed E-state index contributed by atoms with van der Waals surface area (Å²) in [5.74, 6) is -1.06. The molecule has 0 saturated heterocycles. The number of methoxy groups -OCH3 is 1. The van der Waals surface area contributed by atoms with E-state index in [9.17, 15) is 13.6 Å². The van der Waals surface area contributed by atoms with Crippen LogP contribution in [0, 0.1) is 11.6 Å². The van der Waals surface area contributed by atoms with Crippen molar-refractivity contribution in [3.63, 3.8) is 0 Å². The number of hydrogen-bond donors (Lipinski definition) is 2. The molecule has 19 heavy (non-hydrogen) atoms. The molecule has 0 spiro atoms. The highest BCUT2D eigenvalue weighted by Gasteiger charge is 2.20. The highest BCUT2D eigenvalue weighted by Crippen LogP contribution is 2.25. The predicted molar refractivity (Wildman–Crippen MR) is 64.7 cm³/mol. The fourth-order valence-electron chi connectivity index (χ4n) is 1.81. The van der Waals surface area contributed by atoms with Crippen LogP contribution >= 0.6 is 0 Å². The smallest absolute Gasteiger partial charge is 0.413 e. The normalized spacial score (nSPS) is 18.3. The van der Waals surface area contributed by atoms with Gasteiger partial charge in [-0.05, 0) is 12.5 Å². The second kappa shape index (κ2) is 5.64. The van der Waals surface area contributed by atoms with Crippen molar-refractivity contribution in [1.82, 2.24) is 10.6 Å². The molecule has 0 bridgehead atoms. The van der Waals surface area contributed by atoms with Gasteiger partial charge >= 0.3 is 6.09 Å². The molecule has 1 aliphatic heterocycles. The number of hydrogen-bond acceptors (Lipinski definition) is 4. The molecule has 5 nitrogen and oxygen atoms in total. The summed E-state index contributed by atoms with van der Waals surface area (Å²) in [6.07, 6.45) is -0.110. The molecule has 0 saturated carbocycles. The highest BCUT2D eigenvalue weighted by molar-refractivity contribution is 5.94. The Morgan fingerprint density at radius 3 is 3.00 bits per heavy atom. The first kappa shape index (κ1) is 13.3. The molecule has 0 fully saturated rings. The Bertz CT molecular complexity index is 520. The fraction of sp³-hybridized carbons (Fsp3) is 0.333. The van der Waals surface area contributed by atoms with Crippen LogP contribution in [-0.2, 0) is 4.74 Å². The fourth-order valence-corrected chi connectivity index (χ4v) is 1.81. The van der Waals surface area contributed by atoms with Crippen molar-refractivity contribution >= 4 is 12.1 Å². The number of nitrogens with zero attached hydrogens (tertiary/aromatic N) is 1. The van der Waals surface area contributed by atoms with Crippen molar-refractivity contribution in [2.24, 2.45) is 4.99 Å². The molecule has 0 radical (unpaired) electrons. The standard InChI is InChI=1S/C12H13F2N3O2/c1-19-12(18)17-11-15-5-4-10(16-11)8-3-2-7(13)6-9(8)14/h2-3,6,10H,4-5H2,1H3,(H2,15,16,17,18). The molecule has 1 atom stereocenters. The maximum Gasteiger partial charge on any atom is 0.413 e. The topological polar surface area (TPSA) is 62.7 Å². The first-order valence-corrected chi connectivity index (χ1v) is 5.71. The third-order valence-electron chi connectivity index (χ3n) is 2.72. The number of alkyl carbamates (subject to hydrolysis) is 1. The molecule has 7 heteroatoms. The zero-order chi connectivity index (χ0) is 13.8. The number of nitrogens with one attached hydrogen (secondary N) is 2. The molecule has 1 aromatic rings. The van der Waals surface area contributed by atoms with Gasteiger partial charge in [0.25, 0.3) is 0 Å². The van der Waals surface area contributed by atoms with Gasteiger partial charge in [-0.15, -0.1) is 0 Å². The van der Waals surface area contributed by atoms with Crippen molar-refractivity contribution in [2.45, 2.75) is 12.5 Å². The van der Waals surface area contributed by atoms with Gasteiger partial charge in [0.2, 0.25) is 5.96 Å². The van der Waals surface area contributed by atoms with E-state index in [0.717, 1.165) is 6.07 Å². The van der Waals surface area contributed by atoms with E-state index in [1.54, 1.807) is 0 Å². The molecule has 1 aliphatic rings. The van der Waals surface area contributed by atoms with Gasteiger partial charge in [0, 0.05) is 18.2 Å². The molecule has 2 N–H and O–H groups in total. The highest BCUT2D eigenvalue weighted by atomic mass is 19.1. The average Bonchev–Trinajstić information content (AvgIpc) is 2.39. The number of ether oxygens (including phenoxy) is 1. The third kappa shape index (κ3) is 3.18. The summed E-state index contributed by atoms with van der Waals surface area (Å²) >= 11 is 0. The predicted octanol–water partition coefficient (Wildman–Crippen LogP) is 1.71. The van der Waals surface area contributed by atoms with Crippen LogP contribution < -0.4 is 10.6 Å². The maximum absolute atomic E-state index is 13.6. The second-order valence-corrected chi connectivity index (χ2v) is 3.99. The van der Waals surface area contributed by atoms with E-state index in [-0.39, 0.29) is 5.96 Å². The van der Waals surface area contributed by atoms with Crippen LogP contribution in [-0.4, -0.2) is 25.7 Å². The van der Waals surface area contributed by atoms with Gasteiger partial charge in [-0.25, -0.2) is 18.6 Å². The first-order valence-electron chi connectivity index (χ1n) is 5.71. The zero-order valence-corrected chi connectivity index (χ0v) is 10.2. The van der Waals surface area contributed by atoms with Gasteiger partial charge in [0.1, 0.15) is 11.6 Å². The summed E-state index contributed by atoms with van der Waals surface area (Å²) in [6.45, 7) is 0.518. The molecule has 0 aliphatic carbocycles. The Morgan fingerprint density at radius 1 is 1.53 bits per heavy atom. The van der Waals surface area contributed by atoms with Gasteiger partial charge in [0.05, 0.1) is 13.2 Å². The SMILES string of the molecule is COC(=O)NC1=NC(c2ccc(F)cc2F)CCN1. The Labute approximate surface area is 108 Å². The van der Waals surface area contributed by atoms with Crippen molar-refractivity contribution < 1.29 is 18.3 Å². The van der Waals surface area contributed by atoms with E-state index in [1.165, 1.54) is 19.2 Å². The summed E-state index contributed by atoms with van der Waals surface area (Å²) in [4.78, 5) is 15.2. The largest absolute Gasteiger partial charge is 0.453 e. The number of carbonyl (C=O) groups is 1. The average molecular weight is 269 g/mol. The van der Waals surface area contributed by atoms with Gasteiger partial charge < -0.3 is 10.1 Å². The van der Waals surface area contributed by atoms with E-state index < -0.39 is 23.8 Å². The first-order chi connectivity index (χ1) is 9.10. The molecule has 102 valence electrons. The summed E-state index contributed by atoms with van der Waals surface area (Å²) in [5, 5.41) is 5.24. The number of rotatable bonds is 1. The lowest BCUT2D eigenvalue weighted by Gasteiger charge is -2.22. The molecular formula is C12H13F2N3O2. The van der Waals surface area contributed by atoms with Crippen LogP contribution in [0.2, 0.25) is 0 Å². The number of benzene rings is 1. The lowest BCUT2D eigenvalue weighted by atomic mass is 10.0. The molecule has 1 aromatic carbocycles. The Kier molecular flexibility index (Phi) is 3.94.